The summed E-state index contributed by atoms with van der Waals surface area (Å²) in [4.78, 5) is 1.99. The molecule has 1 aromatic rings. The van der Waals surface area contributed by atoms with E-state index in [-0.39, 0.29) is 18.2 Å². The fraction of sp³-hybridized carbons (Fsp3) is 0.524. The highest BCUT2D eigenvalue weighted by molar-refractivity contribution is 5.65. The number of benzene rings is 1. The van der Waals surface area contributed by atoms with E-state index in [1.807, 2.05) is 36.1 Å². The molecule has 0 unspecified atom stereocenters. The van der Waals surface area contributed by atoms with E-state index in [9.17, 15) is 13.9 Å². The monoisotopic (exact) mass is 365 g/mol. The van der Waals surface area contributed by atoms with Crippen LogP contribution in [-0.2, 0) is 11.3 Å². The van der Waals surface area contributed by atoms with Crippen molar-refractivity contribution in [3.05, 3.63) is 53.2 Å². The zero-order valence-corrected chi connectivity index (χ0v) is 15.8. The number of ether oxygens (including phenoxy) is 1. The van der Waals surface area contributed by atoms with Crippen LogP contribution in [-0.4, -0.2) is 35.2 Å². The number of aliphatic hydroxyl groups is 1. The number of alkyl halides is 2. The van der Waals surface area contributed by atoms with Crippen molar-refractivity contribution < 1.29 is 18.6 Å². The lowest BCUT2D eigenvalue weighted by molar-refractivity contribution is 0.0533. The third-order valence-corrected chi connectivity index (χ3v) is 4.72. The van der Waals surface area contributed by atoms with Crippen molar-refractivity contribution in [3.8, 4) is 0 Å². The van der Waals surface area contributed by atoms with Crippen LogP contribution in [0.4, 0.5) is 8.78 Å². The molecule has 2 rings (SSSR count). The third kappa shape index (κ3) is 5.39. The molecule has 26 heavy (non-hydrogen) atoms. The molecular formula is C21H29F2NO2. The quantitative estimate of drug-likeness (QED) is 0.740. The number of hydrogen-bond donors (Lipinski definition) is 1. The van der Waals surface area contributed by atoms with Crippen LogP contribution in [0.1, 0.15) is 51.2 Å². The minimum Gasteiger partial charge on any atom is -0.392 e. The van der Waals surface area contributed by atoms with Gasteiger partial charge in [0.1, 0.15) is 0 Å². The van der Waals surface area contributed by atoms with Crippen LogP contribution in [0, 0.1) is 0 Å². The Labute approximate surface area is 155 Å². The Bertz CT molecular complexity index is 626. The van der Waals surface area contributed by atoms with Crippen molar-refractivity contribution >= 4 is 5.70 Å². The average Bonchev–Trinajstić information content (AvgIpc) is 2.64. The van der Waals surface area contributed by atoms with E-state index in [0.717, 1.165) is 43.0 Å². The molecule has 1 N–H and O–H groups in total. The molecule has 0 spiro atoms. The Hall–Kier alpha value is -1.72. The minimum absolute atomic E-state index is 0.0160. The van der Waals surface area contributed by atoms with Gasteiger partial charge in [-0.05, 0) is 37.3 Å². The first kappa shape index (κ1) is 20.6. The van der Waals surface area contributed by atoms with E-state index in [1.165, 1.54) is 6.92 Å². The highest BCUT2D eigenvalue weighted by Gasteiger charge is 2.28. The maximum absolute atomic E-state index is 13.8. The number of hydrogen-bond acceptors (Lipinski definition) is 3. The van der Waals surface area contributed by atoms with Crippen LogP contribution in [0.25, 0.3) is 5.70 Å². The predicted octanol–water partition coefficient (Wildman–Crippen LogP) is 4.97. The summed E-state index contributed by atoms with van der Waals surface area (Å²) in [6.45, 7) is 5.71. The largest absolute Gasteiger partial charge is 0.392 e. The van der Waals surface area contributed by atoms with E-state index < -0.39 is 5.92 Å². The molecule has 0 saturated carbocycles. The van der Waals surface area contributed by atoms with Crippen LogP contribution in [0.2, 0.25) is 0 Å². The first-order chi connectivity index (χ1) is 12.4. The summed E-state index contributed by atoms with van der Waals surface area (Å²) in [7, 11) is 0. The van der Waals surface area contributed by atoms with Gasteiger partial charge in [0.15, 0.2) is 0 Å². The van der Waals surface area contributed by atoms with E-state index in [0.29, 0.717) is 13.2 Å². The van der Waals surface area contributed by atoms with E-state index in [2.05, 4.69) is 6.08 Å². The van der Waals surface area contributed by atoms with Gasteiger partial charge >= 0.3 is 0 Å². The molecule has 1 saturated heterocycles. The molecule has 144 valence electrons. The molecule has 0 aliphatic carbocycles. The van der Waals surface area contributed by atoms with Crippen LogP contribution >= 0.6 is 0 Å². The number of aliphatic hydroxyl groups excluding tert-OH is 1. The Kier molecular flexibility index (Phi) is 7.35. The molecule has 1 aromatic carbocycles. The van der Waals surface area contributed by atoms with Gasteiger partial charge in [0.05, 0.1) is 6.61 Å². The Morgan fingerprint density at radius 1 is 1.27 bits per heavy atom. The van der Waals surface area contributed by atoms with Crippen molar-refractivity contribution in [2.45, 2.75) is 58.6 Å². The highest BCUT2D eigenvalue weighted by atomic mass is 19.3. The SMILES string of the molecule is CCC=C(c1ccc(CO)cc1)N(/C=C(\C)C(C)(F)F)C1CCOCC1. The van der Waals surface area contributed by atoms with E-state index in [1.54, 1.807) is 6.20 Å². The molecule has 0 bridgehead atoms. The molecule has 1 fully saturated rings. The Morgan fingerprint density at radius 3 is 2.38 bits per heavy atom. The minimum atomic E-state index is -2.86. The summed E-state index contributed by atoms with van der Waals surface area (Å²) >= 11 is 0. The normalized spacial score (nSPS) is 17.5. The fourth-order valence-corrected chi connectivity index (χ4v) is 3.00. The van der Waals surface area contributed by atoms with Gasteiger partial charge in [-0.25, -0.2) is 8.78 Å². The maximum atomic E-state index is 13.8. The number of allylic oxidation sites excluding steroid dienone is 2. The summed E-state index contributed by atoms with van der Waals surface area (Å²) in [5.41, 5.74) is 2.75. The zero-order chi connectivity index (χ0) is 19.2. The molecule has 1 aliphatic rings. The van der Waals surface area contributed by atoms with Gasteiger partial charge in [0.2, 0.25) is 0 Å². The summed E-state index contributed by atoms with van der Waals surface area (Å²) in [6.07, 6.45) is 6.06. The van der Waals surface area contributed by atoms with Crippen molar-refractivity contribution in [1.29, 1.82) is 0 Å². The molecule has 1 aliphatic heterocycles. The first-order valence-corrected chi connectivity index (χ1v) is 9.20. The summed E-state index contributed by atoms with van der Waals surface area (Å²) in [6, 6.07) is 7.73. The highest BCUT2D eigenvalue weighted by Crippen LogP contribution is 2.31. The smallest absolute Gasteiger partial charge is 0.268 e. The summed E-state index contributed by atoms with van der Waals surface area (Å²) in [5.74, 6) is -2.86. The molecule has 1 heterocycles. The van der Waals surface area contributed by atoms with Gasteiger partial charge in [-0.3, -0.25) is 0 Å². The molecule has 5 heteroatoms. The van der Waals surface area contributed by atoms with Gasteiger partial charge in [-0.1, -0.05) is 37.3 Å². The Morgan fingerprint density at radius 2 is 1.88 bits per heavy atom. The van der Waals surface area contributed by atoms with Crippen LogP contribution in [0.3, 0.4) is 0 Å². The second kappa shape index (κ2) is 9.28. The van der Waals surface area contributed by atoms with Gasteiger partial charge in [-0.15, -0.1) is 0 Å². The van der Waals surface area contributed by atoms with Crippen LogP contribution in [0.5, 0.6) is 0 Å². The molecule has 0 aromatic heterocycles. The number of rotatable bonds is 7. The molecule has 0 amide bonds. The maximum Gasteiger partial charge on any atom is 0.268 e. The molecule has 3 nitrogen and oxygen atoms in total. The zero-order valence-electron chi connectivity index (χ0n) is 15.8. The van der Waals surface area contributed by atoms with Crippen molar-refractivity contribution in [3.63, 3.8) is 0 Å². The lowest BCUT2D eigenvalue weighted by Gasteiger charge is -2.36. The molecule has 0 atom stereocenters. The van der Waals surface area contributed by atoms with Crippen molar-refractivity contribution in [2.24, 2.45) is 0 Å². The topological polar surface area (TPSA) is 32.7 Å². The predicted molar refractivity (Wildman–Crippen MR) is 101 cm³/mol. The van der Waals surface area contributed by atoms with Gasteiger partial charge < -0.3 is 14.7 Å². The summed E-state index contributed by atoms with van der Waals surface area (Å²) in [5, 5.41) is 9.26. The van der Waals surface area contributed by atoms with Gasteiger partial charge in [-0.2, -0.15) is 0 Å². The summed E-state index contributed by atoms with van der Waals surface area (Å²) < 4.78 is 33.1. The van der Waals surface area contributed by atoms with Gasteiger partial charge in [0.25, 0.3) is 5.92 Å². The second-order valence-corrected chi connectivity index (χ2v) is 6.80. The third-order valence-electron chi connectivity index (χ3n) is 4.72. The van der Waals surface area contributed by atoms with Crippen LogP contribution < -0.4 is 0 Å². The number of halogens is 2. The van der Waals surface area contributed by atoms with Gasteiger partial charge in [0, 0.05) is 43.6 Å². The standard InChI is InChI=1S/C21H29F2NO2/c1-4-5-20(18-8-6-17(15-25)7-9-18)24(14-16(2)21(3,22)23)19-10-12-26-13-11-19/h5-9,14,19,25H,4,10-13,15H2,1-3H3/b16-14+,20-5?. The fourth-order valence-electron chi connectivity index (χ4n) is 3.00. The van der Waals surface area contributed by atoms with E-state index >= 15 is 0 Å². The first-order valence-electron chi connectivity index (χ1n) is 9.20. The Balaban J connectivity index is 2.45. The second-order valence-electron chi connectivity index (χ2n) is 6.80. The lowest BCUT2D eigenvalue weighted by atomic mass is 10.0. The molecular weight excluding hydrogens is 336 g/mol. The molecule has 0 radical (unpaired) electrons. The lowest BCUT2D eigenvalue weighted by Crippen LogP contribution is -2.36. The average molecular weight is 365 g/mol. The van der Waals surface area contributed by atoms with E-state index in [4.69, 9.17) is 4.74 Å². The van der Waals surface area contributed by atoms with Crippen molar-refractivity contribution in [2.75, 3.05) is 13.2 Å². The van der Waals surface area contributed by atoms with Crippen LogP contribution in [0.15, 0.2) is 42.1 Å². The van der Waals surface area contributed by atoms with Crippen molar-refractivity contribution in [1.82, 2.24) is 4.90 Å². The number of nitrogens with zero attached hydrogens (tertiary/aromatic N) is 1.